The largest absolute Gasteiger partial charge is 0.497 e. The number of aromatic nitrogens is 1. The van der Waals surface area contributed by atoms with Crippen LogP contribution in [0.25, 0.3) is 0 Å². The molecular formula is C28H36N4O5. The fourth-order valence-corrected chi connectivity index (χ4v) is 3.92. The fourth-order valence-electron chi connectivity index (χ4n) is 3.92. The molecule has 9 heteroatoms. The number of hydrogen-bond acceptors (Lipinski definition) is 6. The molecule has 198 valence electrons. The molecule has 1 aromatic carbocycles. The Hall–Kier alpha value is -3.77. The number of aliphatic hydroxyl groups excluding tert-OH is 1. The molecule has 0 saturated heterocycles. The number of nitrogens with zero attached hydrogens (tertiary/aromatic N) is 3. The maximum absolute atomic E-state index is 13.5. The van der Waals surface area contributed by atoms with Gasteiger partial charge >= 0.3 is 6.03 Å². The molecule has 2 N–H and O–H groups in total. The van der Waals surface area contributed by atoms with Gasteiger partial charge in [-0.3, -0.25) is 4.79 Å². The number of likely N-dealkylation sites (N-methyl/N-ethyl adjacent to an activating group) is 1. The third kappa shape index (κ3) is 7.14. The van der Waals surface area contributed by atoms with Crippen LogP contribution in [0.5, 0.6) is 11.6 Å². The van der Waals surface area contributed by atoms with E-state index < -0.39 is 12.1 Å². The predicted molar refractivity (Wildman–Crippen MR) is 142 cm³/mol. The number of carbonyl (C=O) groups excluding carboxylic acids is 2. The number of unbranched alkanes of at least 4 members (excludes halogenated alkanes) is 1. The normalized spacial score (nSPS) is 17.8. The van der Waals surface area contributed by atoms with Crippen LogP contribution in [0.1, 0.15) is 49.5 Å². The maximum Gasteiger partial charge on any atom is 0.321 e. The number of carbonyl (C=O) groups is 2. The second-order valence-corrected chi connectivity index (χ2v) is 9.29. The Labute approximate surface area is 218 Å². The van der Waals surface area contributed by atoms with Crippen LogP contribution < -0.4 is 14.8 Å². The van der Waals surface area contributed by atoms with Gasteiger partial charge in [0.05, 0.1) is 26.3 Å². The van der Waals surface area contributed by atoms with E-state index in [0.717, 1.165) is 12.8 Å². The zero-order valence-electron chi connectivity index (χ0n) is 22.2. The van der Waals surface area contributed by atoms with Crippen molar-refractivity contribution in [3.8, 4) is 23.5 Å². The Kier molecular flexibility index (Phi) is 9.75. The second kappa shape index (κ2) is 13.0. The van der Waals surface area contributed by atoms with Crippen molar-refractivity contribution in [2.24, 2.45) is 5.92 Å². The van der Waals surface area contributed by atoms with Crippen molar-refractivity contribution in [2.75, 3.05) is 39.2 Å². The summed E-state index contributed by atoms with van der Waals surface area (Å²) < 4.78 is 11.4. The first-order chi connectivity index (χ1) is 17.8. The highest BCUT2D eigenvalue weighted by atomic mass is 16.5. The molecule has 2 heterocycles. The number of ether oxygens (including phenoxy) is 2. The van der Waals surface area contributed by atoms with Gasteiger partial charge in [0.1, 0.15) is 17.4 Å². The Bertz CT molecular complexity index is 1140. The third-order valence-electron chi connectivity index (χ3n) is 6.27. The van der Waals surface area contributed by atoms with E-state index in [-0.39, 0.29) is 36.9 Å². The lowest BCUT2D eigenvalue weighted by Crippen LogP contribution is -2.50. The first-order valence-electron chi connectivity index (χ1n) is 12.5. The van der Waals surface area contributed by atoms with E-state index in [4.69, 9.17) is 9.47 Å². The number of methoxy groups -OCH3 is 1. The van der Waals surface area contributed by atoms with Crippen LogP contribution in [0, 0.1) is 17.8 Å². The van der Waals surface area contributed by atoms with Crippen molar-refractivity contribution < 1.29 is 24.2 Å². The van der Waals surface area contributed by atoms with Gasteiger partial charge in [0, 0.05) is 43.4 Å². The highest BCUT2D eigenvalue weighted by molar-refractivity contribution is 5.97. The van der Waals surface area contributed by atoms with Gasteiger partial charge in [-0.15, -0.1) is 0 Å². The Morgan fingerprint density at radius 1 is 1.38 bits per heavy atom. The van der Waals surface area contributed by atoms with Crippen LogP contribution in [-0.2, 0) is 0 Å². The van der Waals surface area contributed by atoms with E-state index in [2.05, 4.69) is 29.1 Å². The summed E-state index contributed by atoms with van der Waals surface area (Å²) in [4.78, 5) is 34.0. The number of anilines is 1. The molecule has 9 nitrogen and oxygen atoms in total. The van der Waals surface area contributed by atoms with Gasteiger partial charge in [0.25, 0.3) is 5.91 Å². The van der Waals surface area contributed by atoms with Gasteiger partial charge in [-0.1, -0.05) is 25.7 Å². The highest BCUT2D eigenvalue weighted by Crippen LogP contribution is 2.27. The molecule has 0 bridgehead atoms. The lowest BCUT2D eigenvalue weighted by Gasteiger charge is -2.37. The number of aliphatic hydroxyl groups is 1. The number of fused-ring (bicyclic) bond motifs is 1. The van der Waals surface area contributed by atoms with E-state index in [1.807, 2.05) is 6.92 Å². The fraction of sp³-hybridized carbons (Fsp3) is 0.464. The zero-order valence-corrected chi connectivity index (χ0v) is 22.2. The molecule has 0 spiro atoms. The number of amides is 3. The third-order valence-corrected chi connectivity index (χ3v) is 6.27. The maximum atomic E-state index is 13.5. The molecule has 3 atom stereocenters. The molecule has 3 rings (SSSR count). The summed E-state index contributed by atoms with van der Waals surface area (Å²) >= 11 is 0. The minimum absolute atomic E-state index is 0.145. The van der Waals surface area contributed by atoms with E-state index in [9.17, 15) is 14.7 Å². The summed E-state index contributed by atoms with van der Waals surface area (Å²) in [6.45, 7) is 6.25. The van der Waals surface area contributed by atoms with E-state index in [1.165, 1.54) is 0 Å². The van der Waals surface area contributed by atoms with Crippen LogP contribution in [0.3, 0.4) is 0 Å². The van der Waals surface area contributed by atoms with Gasteiger partial charge in [0.15, 0.2) is 0 Å². The number of pyridine rings is 1. The first kappa shape index (κ1) is 27.8. The van der Waals surface area contributed by atoms with Crippen molar-refractivity contribution in [1.29, 1.82) is 0 Å². The average molecular weight is 509 g/mol. The molecule has 1 aromatic heterocycles. The zero-order chi connectivity index (χ0) is 26.9. The molecule has 1 aliphatic heterocycles. The van der Waals surface area contributed by atoms with Crippen molar-refractivity contribution in [1.82, 2.24) is 14.8 Å². The summed E-state index contributed by atoms with van der Waals surface area (Å²) in [6, 6.07) is 8.07. The molecule has 37 heavy (non-hydrogen) atoms. The average Bonchev–Trinajstić information content (AvgIpc) is 2.90. The molecule has 2 aromatic rings. The van der Waals surface area contributed by atoms with Crippen LogP contribution in [0.15, 0.2) is 36.5 Å². The highest BCUT2D eigenvalue weighted by Gasteiger charge is 2.34. The molecule has 3 amide bonds. The van der Waals surface area contributed by atoms with E-state index in [0.29, 0.717) is 29.1 Å². The molecule has 0 aliphatic carbocycles. The minimum Gasteiger partial charge on any atom is -0.497 e. The summed E-state index contributed by atoms with van der Waals surface area (Å²) in [5.41, 5.74) is 1.56. The van der Waals surface area contributed by atoms with Crippen LogP contribution in [0.4, 0.5) is 10.5 Å². The van der Waals surface area contributed by atoms with Crippen molar-refractivity contribution >= 4 is 17.6 Å². The van der Waals surface area contributed by atoms with Crippen LogP contribution in [0.2, 0.25) is 0 Å². The topological polar surface area (TPSA) is 104 Å². The first-order valence-corrected chi connectivity index (χ1v) is 12.5. The lowest BCUT2D eigenvalue weighted by molar-refractivity contribution is 0.0356. The van der Waals surface area contributed by atoms with Gasteiger partial charge in [-0.05, 0) is 43.7 Å². The second-order valence-electron chi connectivity index (χ2n) is 9.29. The predicted octanol–water partition coefficient (Wildman–Crippen LogP) is 3.63. The molecule has 0 fully saturated rings. The lowest BCUT2D eigenvalue weighted by atomic mass is 10.00. The summed E-state index contributed by atoms with van der Waals surface area (Å²) in [5.74, 6) is 6.61. The van der Waals surface area contributed by atoms with Crippen molar-refractivity contribution in [2.45, 2.75) is 45.8 Å². The minimum atomic E-state index is -0.448. The monoisotopic (exact) mass is 508 g/mol. The quantitative estimate of drug-likeness (QED) is 0.554. The van der Waals surface area contributed by atoms with Crippen LogP contribution in [-0.4, -0.2) is 77.8 Å². The van der Waals surface area contributed by atoms with Crippen molar-refractivity contribution in [3.63, 3.8) is 0 Å². The van der Waals surface area contributed by atoms with Gasteiger partial charge in [0.2, 0.25) is 5.88 Å². The summed E-state index contributed by atoms with van der Waals surface area (Å²) in [7, 11) is 3.27. The number of hydrogen-bond donors (Lipinski definition) is 2. The molecule has 0 unspecified atom stereocenters. The number of urea groups is 1. The number of nitrogens with one attached hydrogen (secondary N) is 1. The molecule has 0 saturated carbocycles. The van der Waals surface area contributed by atoms with E-state index in [1.54, 1.807) is 67.4 Å². The van der Waals surface area contributed by atoms with Gasteiger partial charge in [-0.25, -0.2) is 9.78 Å². The molecule has 0 radical (unpaired) electrons. The van der Waals surface area contributed by atoms with Gasteiger partial charge < -0.3 is 29.7 Å². The molecule has 1 aliphatic rings. The Balaban J connectivity index is 1.84. The Morgan fingerprint density at radius 3 is 2.76 bits per heavy atom. The van der Waals surface area contributed by atoms with E-state index >= 15 is 0 Å². The number of rotatable bonds is 7. The standard InChI is InChI=1S/C28H36N4O5/c1-6-7-8-9-21-14-24-26(29-15-21)37-25(19(2)16-32(27(24)34)20(3)18-33)17-31(4)28(35)30-22-10-12-23(36-5)13-11-22/h10-15,19-20,25,33H,6-7,16-18H2,1-5H3,(H,30,35)/t19-,20+,25-/m1/s1. The smallest absolute Gasteiger partial charge is 0.321 e. The van der Waals surface area contributed by atoms with Crippen molar-refractivity contribution in [3.05, 3.63) is 47.7 Å². The van der Waals surface area contributed by atoms with Crippen LogP contribution >= 0.6 is 0 Å². The molecular weight excluding hydrogens is 472 g/mol. The van der Waals surface area contributed by atoms with Gasteiger partial charge in [-0.2, -0.15) is 0 Å². The summed E-state index contributed by atoms with van der Waals surface area (Å²) in [5, 5.41) is 12.7. The summed E-state index contributed by atoms with van der Waals surface area (Å²) in [6.07, 6.45) is 2.84. The number of benzene rings is 1. The Morgan fingerprint density at radius 2 is 2.11 bits per heavy atom. The SMILES string of the molecule is CCCC#Cc1cnc2c(c1)C(=O)N([C@@H](C)CO)C[C@@H](C)[C@@H](CN(C)C(=O)Nc1ccc(OC)cc1)O2.